The summed E-state index contributed by atoms with van der Waals surface area (Å²) >= 11 is 3.19. The van der Waals surface area contributed by atoms with Gasteiger partial charge in [-0.3, -0.25) is 0 Å². The van der Waals surface area contributed by atoms with Crippen LogP contribution >= 0.6 is 15.9 Å². The largest absolute Gasteiger partial charge is 0.497 e. The third kappa shape index (κ3) is 3.11. The normalized spacial score (nSPS) is 12.3. The Hall–Kier alpha value is -1.46. The molecule has 2 aromatic carbocycles. The summed E-state index contributed by atoms with van der Waals surface area (Å²) in [5, 5.41) is 0. The first kappa shape index (κ1) is 14.0. The van der Waals surface area contributed by atoms with Crippen molar-refractivity contribution in [2.24, 2.45) is 5.73 Å². The van der Waals surface area contributed by atoms with Crippen molar-refractivity contribution < 1.29 is 13.5 Å². The predicted octanol–water partition coefficient (Wildman–Crippen LogP) is 3.78. The molecule has 0 saturated carbocycles. The molecule has 5 heteroatoms. The Kier molecular flexibility index (Phi) is 4.17. The molecule has 2 nitrogen and oxygen atoms in total. The first-order valence-electron chi connectivity index (χ1n) is 5.56. The molecule has 0 heterocycles. The van der Waals surface area contributed by atoms with Gasteiger partial charge in [-0.05, 0) is 29.8 Å². The molecule has 2 N–H and O–H groups in total. The number of benzene rings is 2. The van der Waals surface area contributed by atoms with Crippen LogP contribution in [0.5, 0.6) is 5.75 Å². The summed E-state index contributed by atoms with van der Waals surface area (Å²) in [6.45, 7) is 0. The van der Waals surface area contributed by atoms with Crippen LogP contribution in [0.15, 0.2) is 40.9 Å². The lowest BCUT2D eigenvalue weighted by Crippen LogP contribution is -2.14. The van der Waals surface area contributed by atoms with Gasteiger partial charge in [0.2, 0.25) is 0 Å². The smallest absolute Gasteiger partial charge is 0.132 e. The number of hydrogen-bond donors (Lipinski definition) is 1. The summed E-state index contributed by atoms with van der Waals surface area (Å²) in [6, 6.07) is 7.95. The minimum absolute atomic E-state index is 0.290. The van der Waals surface area contributed by atoms with E-state index < -0.39 is 17.7 Å². The van der Waals surface area contributed by atoms with E-state index in [2.05, 4.69) is 15.9 Å². The maximum absolute atomic E-state index is 13.9. The number of halogens is 3. The van der Waals surface area contributed by atoms with Crippen molar-refractivity contribution in [3.63, 3.8) is 0 Å². The molecule has 0 spiro atoms. The topological polar surface area (TPSA) is 35.2 Å². The summed E-state index contributed by atoms with van der Waals surface area (Å²) in [5.74, 6) is -0.491. The van der Waals surface area contributed by atoms with E-state index in [1.54, 1.807) is 12.1 Å². The SMILES string of the molecule is COc1ccc(C(N)c2cc(F)cc(Br)c2)c(F)c1. The molecule has 100 valence electrons. The van der Waals surface area contributed by atoms with Gasteiger partial charge in [0.05, 0.1) is 13.2 Å². The molecule has 0 fully saturated rings. The lowest BCUT2D eigenvalue weighted by atomic mass is 9.99. The van der Waals surface area contributed by atoms with Gasteiger partial charge in [0, 0.05) is 16.1 Å². The van der Waals surface area contributed by atoms with E-state index in [4.69, 9.17) is 10.5 Å². The van der Waals surface area contributed by atoms with E-state index in [-0.39, 0.29) is 0 Å². The van der Waals surface area contributed by atoms with Crippen molar-refractivity contribution in [2.45, 2.75) is 6.04 Å². The van der Waals surface area contributed by atoms with Crippen molar-refractivity contribution in [1.82, 2.24) is 0 Å². The van der Waals surface area contributed by atoms with Crippen molar-refractivity contribution in [1.29, 1.82) is 0 Å². The number of ether oxygens (including phenoxy) is 1. The van der Waals surface area contributed by atoms with E-state index >= 15 is 0 Å². The maximum Gasteiger partial charge on any atom is 0.132 e. The Morgan fingerprint density at radius 1 is 1.16 bits per heavy atom. The Morgan fingerprint density at radius 3 is 2.47 bits per heavy atom. The van der Waals surface area contributed by atoms with Gasteiger partial charge in [-0.2, -0.15) is 0 Å². The van der Waals surface area contributed by atoms with Crippen molar-refractivity contribution in [3.8, 4) is 5.75 Å². The Balaban J connectivity index is 2.40. The number of nitrogens with two attached hydrogens (primary N) is 1. The van der Waals surface area contributed by atoms with E-state index in [1.165, 1.54) is 31.4 Å². The van der Waals surface area contributed by atoms with Crippen LogP contribution in [-0.4, -0.2) is 7.11 Å². The molecule has 0 radical (unpaired) electrons. The zero-order chi connectivity index (χ0) is 14.0. The highest BCUT2D eigenvalue weighted by atomic mass is 79.9. The minimum atomic E-state index is -0.738. The summed E-state index contributed by atoms with van der Waals surface area (Å²) < 4.78 is 32.7. The zero-order valence-corrected chi connectivity index (χ0v) is 11.7. The molecule has 0 saturated heterocycles. The maximum atomic E-state index is 13.9. The molecule has 0 aromatic heterocycles. The fourth-order valence-corrected chi connectivity index (χ4v) is 2.30. The first-order chi connectivity index (χ1) is 9.01. The third-order valence-electron chi connectivity index (χ3n) is 2.79. The molecule has 2 aromatic rings. The molecule has 0 aliphatic heterocycles. The summed E-state index contributed by atoms with van der Waals surface area (Å²) in [4.78, 5) is 0. The Morgan fingerprint density at radius 2 is 1.89 bits per heavy atom. The summed E-state index contributed by atoms with van der Waals surface area (Å²) in [7, 11) is 1.46. The first-order valence-corrected chi connectivity index (χ1v) is 6.35. The van der Waals surface area contributed by atoms with Crippen molar-refractivity contribution in [3.05, 3.63) is 63.6 Å². The molecule has 0 aliphatic rings. The lowest BCUT2D eigenvalue weighted by Gasteiger charge is -2.14. The molecule has 1 unspecified atom stereocenters. The van der Waals surface area contributed by atoms with Gasteiger partial charge in [-0.1, -0.05) is 22.0 Å². The number of methoxy groups -OCH3 is 1. The highest BCUT2D eigenvalue weighted by Gasteiger charge is 2.15. The molecule has 0 amide bonds. The van der Waals surface area contributed by atoms with Crippen LogP contribution in [0.3, 0.4) is 0 Å². The Labute approximate surface area is 118 Å². The van der Waals surface area contributed by atoms with E-state index in [0.717, 1.165) is 0 Å². The highest BCUT2D eigenvalue weighted by molar-refractivity contribution is 9.10. The molecule has 1 atom stereocenters. The average Bonchev–Trinajstić information content (AvgIpc) is 2.36. The number of rotatable bonds is 3. The second kappa shape index (κ2) is 5.67. The zero-order valence-electron chi connectivity index (χ0n) is 10.2. The molecule has 0 bridgehead atoms. The van der Waals surface area contributed by atoms with E-state index in [0.29, 0.717) is 21.3 Å². The summed E-state index contributed by atoms with van der Waals surface area (Å²) in [5.41, 5.74) is 6.76. The van der Waals surface area contributed by atoms with Gasteiger partial charge in [0.15, 0.2) is 0 Å². The van der Waals surface area contributed by atoms with Crippen LogP contribution in [0.25, 0.3) is 0 Å². The molecular formula is C14H12BrF2NO. The van der Waals surface area contributed by atoms with Crippen LogP contribution in [-0.2, 0) is 0 Å². The van der Waals surface area contributed by atoms with Gasteiger partial charge in [-0.25, -0.2) is 8.78 Å². The third-order valence-corrected chi connectivity index (χ3v) is 3.24. The fraction of sp³-hybridized carbons (Fsp3) is 0.143. The van der Waals surface area contributed by atoms with Gasteiger partial charge in [-0.15, -0.1) is 0 Å². The summed E-state index contributed by atoms with van der Waals surface area (Å²) in [6.07, 6.45) is 0. The predicted molar refractivity (Wildman–Crippen MR) is 73.1 cm³/mol. The number of hydrogen-bond acceptors (Lipinski definition) is 2. The van der Waals surface area contributed by atoms with Crippen LogP contribution in [0.4, 0.5) is 8.78 Å². The van der Waals surface area contributed by atoms with Crippen LogP contribution in [0, 0.1) is 11.6 Å². The van der Waals surface area contributed by atoms with Gasteiger partial charge in [0.25, 0.3) is 0 Å². The molecule has 2 rings (SSSR count). The van der Waals surface area contributed by atoms with Gasteiger partial charge < -0.3 is 10.5 Å². The molecular weight excluding hydrogens is 316 g/mol. The van der Waals surface area contributed by atoms with Crippen LogP contribution < -0.4 is 10.5 Å². The lowest BCUT2D eigenvalue weighted by molar-refractivity contribution is 0.410. The van der Waals surface area contributed by atoms with Gasteiger partial charge in [0.1, 0.15) is 17.4 Å². The Bertz CT molecular complexity index is 584. The van der Waals surface area contributed by atoms with E-state index in [1.807, 2.05) is 0 Å². The monoisotopic (exact) mass is 327 g/mol. The second-order valence-electron chi connectivity index (χ2n) is 4.07. The minimum Gasteiger partial charge on any atom is -0.497 e. The molecule has 19 heavy (non-hydrogen) atoms. The molecule has 0 aliphatic carbocycles. The fourth-order valence-electron chi connectivity index (χ4n) is 1.82. The standard InChI is InChI=1S/C14H12BrF2NO/c1-19-11-2-3-12(13(17)7-11)14(18)8-4-9(15)6-10(16)5-8/h2-7,14H,18H2,1H3. The van der Waals surface area contributed by atoms with Gasteiger partial charge >= 0.3 is 0 Å². The quantitative estimate of drug-likeness (QED) is 0.931. The van der Waals surface area contributed by atoms with E-state index in [9.17, 15) is 8.78 Å². The van der Waals surface area contributed by atoms with Crippen LogP contribution in [0.1, 0.15) is 17.2 Å². The average molecular weight is 328 g/mol. The van der Waals surface area contributed by atoms with Crippen molar-refractivity contribution >= 4 is 15.9 Å². The van der Waals surface area contributed by atoms with Crippen molar-refractivity contribution in [2.75, 3.05) is 7.11 Å². The highest BCUT2D eigenvalue weighted by Crippen LogP contribution is 2.27. The second-order valence-corrected chi connectivity index (χ2v) is 4.98. The van der Waals surface area contributed by atoms with Crippen LogP contribution in [0.2, 0.25) is 0 Å².